The number of nitrogens with zero attached hydrogens (tertiary/aromatic N) is 1. The number of aliphatic imine (C=N–C) groups is 1. The quantitative estimate of drug-likeness (QED) is 0.508. The van der Waals surface area contributed by atoms with E-state index in [-0.39, 0.29) is 19.0 Å². The van der Waals surface area contributed by atoms with Crippen LogP contribution in [0.3, 0.4) is 0 Å². The van der Waals surface area contributed by atoms with Gasteiger partial charge >= 0.3 is 0 Å². The lowest BCUT2D eigenvalue weighted by atomic mass is 9.89. The van der Waals surface area contributed by atoms with E-state index in [1.165, 1.54) is 6.07 Å². The van der Waals surface area contributed by atoms with E-state index in [1.54, 1.807) is 12.1 Å². The highest BCUT2D eigenvalue weighted by Crippen LogP contribution is 2.31. The molecule has 0 spiro atoms. The molecular formula is C25H23FN2O2. The second kappa shape index (κ2) is 8.69. The van der Waals surface area contributed by atoms with Crippen molar-refractivity contribution < 1.29 is 13.9 Å². The van der Waals surface area contributed by atoms with Gasteiger partial charge in [-0.05, 0) is 25.1 Å². The third-order valence-corrected chi connectivity index (χ3v) is 5.24. The molecule has 1 aliphatic heterocycles. The van der Waals surface area contributed by atoms with Crippen LogP contribution in [-0.2, 0) is 15.1 Å². The lowest BCUT2D eigenvalue weighted by molar-refractivity contribution is -0.114. The van der Waals surface area contributed by atoms with Gasteiger partial charge in [0.2, 0.25) is 0 Å². The number of benzene rings is 3. The van der Waals surface area contributed by atoms with Gasteiger partial charge in [0.25, 0.3) is 0 Å². The van der Waals surface area contributed by atoms with E-state index in [9.17, 15) is 9.18 Å². The Labute approximate surface area is 175 Å². The van der Waals surface area contributed by atoms with E-state index < -0.39 is 11.6 Å². The highest BCUT2D eigenvalue weighted by molar-refractivity contribution is 6.13. The number of carbonyl (C=O) groups excluding carboxylic acids is 1. The first-order valence-electron chi connectivity index (χ1n) is 9.89. The molecular weight excluding hydrogens is 379 g/mol. The minimum atomic E-state index is -0.820. The zero-order chi connectivity index (χ0) is 21.0. The molecule has 2 unspecified atom stereocenters. The molecule has 152 valence electrons. The molecule has 0 aromatic heterocycles. The molecule has 0 radical (unpaired) electrons. The summed E-state index contributed by atoms with van der Waals surface area (Å²) in [6.07, 6.45) is 0.792. The van der Waals surface area contributed by atoms with Crippen LogP contribution >= 0.6 is 0 Å². The topological polar surface area (TPSA) is 50.7 Å². The fraction of sp³-hybridized carbons (Fsp3) is 0.200. The average Bonchev–Trinajstić information content (AvgIpc) is 2.79. The Morgan fingerprint density at radius 3 is 2.30 bits per heavy atom. The van der Waals surface area contributed by atoms with Crippen molar-refractivity contribution in [2.75, 3.05) is 13.2 Å². The van der Waals surface area contributed by atoms with Crippen molar-refractivity contribution in [2.24, 2.45) is 4.99 Å². The third kappa shape index (κ3) is 4.22. The van der Waals surface area contributed by atoms with Crippen LogP contribution in [0, 0.1) is 5.82 Å². The maximum atomic E-state index is 14.8. The highest BCUT2D eigenvalue weighted by Gasteiger charge is 2.36. The summed E-state index contributed by atoms with van der Waals surface area (Å²) in [4.78, 5) is 16.1. The molecule has 4 rings (SSSR count). The molecule has 1 heterocycles. The van der Waals surface area contributed by atoms with Crippen molar-refractivity contribution in [3.05, 3.63) is 101 Å². The van der Waals surface area contributed by atoms with Crippen LogP contribution in [0.25, 0.3) is 0 Å². The largest absolute Gasteiger partial charge is 0.377 e. The zero-order valence-electron chi connectivity index (χ0n) is 16.7. The Bertz CT molecular complexity index is 1010. The number of rotatable bonds is 5. The average molecular weight is 402 g/mol. The fourth-order valence-corrected chi connectivity index (χ4v) is 3.73. The maximum Gasteiger partial charge on any atom is 0.139 e. The normalized spacial score (nSPS) is 21.1. The minimum Gasteiger partial charge on any atom is -0.377 e. The van der Waals surface area contributed by atoms with Gasteiger partial charge in [0, 0.05) is 16.7 Å². The second-order valence-electron chi connectivity index (χ2n) is 7.59. The van der Waals surface area contributed by atoms with Crippen LogP contribution < -0.4 is 5.32 Å². The SMILES string of the molecule is CC1(c2cc(N=C(c3ccccc3)c3ccccc3)ccc2F)COCC(C=O)N1. The number of halogens is 1. The maximum absolute atomic E-state index is 14.8. The van der Waals surface area contributed by atoms with Crippen LogP contribution in [0.2, 0.25) is 0 Å². The zero-order valence-corrected chi connectivity index (χ0v) is 16.7. The summed E-state index contributed by atoms with van der Waals surface area (Å²) >= 11 is 0. The standard InChI is InChI=1S/C25H23FN2O2/c1-25(17-30-16-21(15-29)28-25)22-14-20(12-13-23(22)26)27-24(18-8-4-2-5-9-18)19-10-6-3-7-11-19/h2-15,21,28H,16-17H2,1H3. The minimum absolute atomic E-state index is 0.269. The van der Waals surface area contributed by atoms with Gasteiger partial charge in [0.15, 0.2) is 0 Å². The van der Waals surface area contributed by atoms with Gasteiger partial charge in [-0.2, -0.15) is 0 Å². The molecule has 2 atom stereocenters. The van der Waals surface area contributed by atoms with E-state index in [4.69, 9.17) is 9.73 Å². The van der Waals surface area contributed by atoms with Gasteiger partial charge in [0.05, 0.1) is 36.2 Å². The van der Waals surface area contributed by atoms with Crippen molar-refractivity contribution in [1.29, 1.82) is 0 Å². The van der Waals surface area contributed by atoms with Gasteiger partial charge in [-0.15, -0.1) is 0 Å². The summed E-state index contributed by atoms with van der Waals surface area (Å²) in [5.41, 5.74) is 2.99. The van der Waals surface area contributed by atoms with E-state index >= 15 is 0 Å². The molecule has 3 aromatic carbocycles. The lowest BCUT2D eigenvalue weighted by Crippen LogP contribution is -2.56. The number of carbonyl (C=O) groups is 1. The summed E-state index contributed by atoms with van der Waals surface area (Å²) < 4.78 is 20.3. The molecule has 5 heteroatoms. The first-order chi connectivity index (χ1) is 14.6. The molecule has 1 fully saturated rings. The summed E-state index contributed by atoms with van der Waals surface area (Å²) in [5, 5.41) is 3.20. The van der Waals surface area contributed by atoms with Crippen molar-refractivity contribution in [3.8, 4) is 0 Å². The molecule has 0 amide bonds. The van der Waals surface area contributed by atoms with Crippen LogP contribution in [0.4, 0.5) is 10.1 Å². The Morgan fingerprint density at radius 2 is 1.70 bits per heavy atom. The number of ether oxygens (including phenoxy) is 1. The molecule has 0 aliphatic carbocycles. The fourth-order valence-electron chi connectivity index (χ4n) is 3.73. The van der Waals surface area contributed by atoms with Crippen LogP contribution in [0.15, 0.2) is 83.9 Å². The number of hydrogen-bond donors (Lipinski definition) is 1. The van der Waals surface area contributed by atoms with Gasteiger partial charge < -0.3 is 9.53 Å². The molecule has 1 N–H and O–H groups in total. The molecule has 1 saturated heterocycles. The molecule has 1 aliphatic rings. The number of aldehydes is 1. The van der Waals surface area contributed by atoms with Crippen molar-refractivity contribution in [1.82, 2.24) is 5.32 Å². The third-order valence-electron chi connectivity index (χ3n) is 5.24. The summed E-state index contributed by atoms with van der Waals surface area (Å²) in [7, 11) is 0. The van der Waals surface area contributed by atoms with Crippen molar-refractivity contribution in [3.63, 3.8) is 0 Å². The Hall–Kier alpha value is -3.15. The van der Waals surface area contributed by atoms with Gasteiger partial charge in [-0.3, -0.25) is 5.32 Å². The van der Waals surface area contributed by atoms with Gasteiger partial charge in [-0.25, -0.2) is 9.38 Å². The summed E-state index contributed by atoms with van der Waals surface area (Å²) in [6.45, 7) is 2.39. The van der Waals surface area contributed by atoms with Crippen LogP contribution in [0.5, 0.6) is 0 Å². The molecule has 0 saturated carbocycles. The Balaban J connectivity index is 1.78. The van der Waals surface area contributed by atoms with E-state index in [0.717, 1.165) is 23.1 Å². The molecule has 4 nitrogen and oxygen atoms in total. The number of morpholine rings is 1. The number of nitrogens with one attached hydrogen (secondary N) is 1. The van der Waals surface area contributed by atoms with Gasteiger partial charge in [0.1, 0.15) is 12.1 Å². The number of hydrogen-bond acceptors (Lipinski definition) is 4. The molecule has 3 aromatic rings. The van der Waals surface area contributed by atoms with Crippen LogP contribution in [0.1, 0.15) is 23.6 Å². The Morgan fingerprint density at radius 1 is 1.07 bits per heavy atom. The highest BCUT2D eigenvalue weighted by atomic mass is 19.1. The predicted octanol–water partition coefficient (Wildman–Crippen LogP) is 4.40. The monoisotopic (exact) mass is 402 g/mol. The first-order valence-corrected chi connectivity index (χ1v) is 9.89. The predicted molar refractivity (Wildman–Crippen MR) is 116 cm³/mol. The summed E-state index contributed by atoms with van der Waals surface area (Å²) in [5.74, 6) is -0.361. The Kier molecular flexibility index (Phi) is 5.84. The smallest absolute Gasteiger partial charge is 0.139 e. The lowest BCUT2D eigenvalue weighted by Gasteiger charge is -2.38. The van der Waals surface area contributed by atoms with E-state index in [0.29, 0.717) is 11.3 Å². The van der Waals surface area contributed by atoms with Gasteiger partial charge in [-0.1, -0.05) is 60.7 Å². The summed E-state index contributed by atoms with van der Waals surface area (Å²) in [6, 6.07) is 24.1. The van der Waals surface area contributed by atoms with Crippen molar-refractivity contribution in [2.45, 2.75) is 18.5 Å². The van der Waals surface area contributed by atoms with E-state index in [2.05, 4.69) is 5.32 Å². The first kappa shape index (κ1) is 20.1. The molecule has 30 heavy (non-hydrogen) atoms. The van der Waals surface area contributed by atoms with Crippen molar-refractivity contribution >= 4 is 17.7 Å². The van der Waals surface area contributed by atoms with Crippen LogP contribution in [-0.4, -0.2) is 31.3 Å². The van der Waals surface area contributed by atoms with E-state index in [1.807, 2.05) is 67.6 Å². The molecule has 0 bridgehead atoms. The second-order valence-corrected chi connectivity index (χ2v) is 7.59.